The molecule has 2 unspecified atom stereocenters. The highest BCUT2D eigenvalue weighted by Gasteiger charge is 2.18. The van der Waals surface area contributed by atoms with E-state index >= 15 is 0 Å². The fraction of sp³-hybridized carbons (Fsp3) is 0.700. The number of hydrogen-bond acceptors (Lipinski definition) is 4. The number of thiazole rings is 1. The second-order valence-electron chi connectivity index (χ2n) is 3.21. The summed E-state index contributed by atoms with van der Waals surface area (Å²) < 4.78 is 5.42. The zero-order chi connectivity index (χ0) is 10.4. The average Bonchev–Trinajstić information content (AvgIpc) is 2.70. The summed E-state index contributed by atoms with van der Waals surface area (Å²) in [6, 6.07) is 0.358. The van der Waals surface area contributed by atoms with Crippen LogP contribution in [0.4, 0.5) is 0 Å². The molecular weight excluding hydrogens is 196 g/mol. The number of hydrogen-bond donors (Lipinski definition) is 1. The Morgan fingerprint density at radius 3 is 2.86 bits per heavy atom. The number of methoxy groups -OCH3 is 1. The van der Waals surface area contributed by atoms with Crippen LogP contribution in [0.1, 0.15) is 18.4 Å². The third-order valence-electron chi connectivity index (χ3n) is 2.40. The summed E-state index contributed by atoms with van der Waals surface area (Å²) in [5.41, 5.74) is 0. The molecule has 0 spiro atoms. The van der Waals surface area contributed by atoms with Crippen molar-refractivity contribution in [2.75, 3.05) is 14.2 Å². The molecule has 0 aliphatic heterocycles. The Bertz CT molecular complexity index is 234. The molecule has 0 bridgehead atoms. The van der Waals surface area contributed by atoms with Gasteiger partial charge in [0.15, 0.2) is 0 Å². The molecular formula is C10H18N2OS. The third-order valence-corrected chi connectivity index (χ3v) is 3.20. The summed E-state index contributed by atoms with van der Waals surface area (Å²) in [5.74, 6) is 0. The smallest absolute Gasteiger partial charge is 0.0941 e. The third kappa shape index (κ3) is 3.04. The van der Waals surface area contributed by atoms with E-state index in [9.17, 15) is 0 Å². The molecule has 0 aliphatic carbocycles. The molecule has 1 aromatic heterocycles. The summed E-state index contributed by atoms with van der Waals surface area (Å²) in [5, 5.41) is 6.46. The van der Waals surface area contributed by atoms with Gasteiger partial charge in [0.2, 0.25) is 0 Å². The van der Waals surface area contributed by atoms with Crippen molar-refractivity contribution in [3.05, 3.63) is 16.6 Å². The van der Waals surface area contributed by atoms with Crippen molar-refractivity contribution in [1.82, 2.24) is 10.3 Å². The van der Waals surface area contributed by atoms with E-state index in [0.717, 1.165) is 12.8 Å². The molecule has 0 fully saturated rings. The van der Waals surface area contributed by atoms with Gasteiger partial charge in [-0.15, -0.1) is 11.3 Å². The summed E-state index contributed by atoms with van der Waals surface area (Å²) in [7, 11) is 3.74. The van der Waals surface area contributed by atoms with Crippen LogP contribution < -0.4 is 5.32 Å². The van der Waals surface area contributed by atoms with Gasteiger partial charge in [-0.05, 0) is 13.5 Å². The van der Waals surface area contributed by atoms with Gasteiger partial charge >= 0.3 is 0 Å². The Kier molecular flexibility index (Phi) is 5.07. The first-order chi connectivity index (χ1) is 6.81. The van der Waals surface area contributed by atoms with E-state index in [1.54, 1.807) is 18.4 Å². The van der Waals surface area contributed by atoms with Gasteiger partial charge in [0.25, 0.3) is 0 Å². The molecule has 0 amide bonds. The standard InChI is InChI=1S/C10H18N2OS/c1-4-9(13-3)8(11-2)7-10-12-5-6-14-10/h5-6,8-9,11H,4,7H2,1-3H3. The number of nitrogens with zero attached hydrogens (tertiary/aromatic N) is 1. The minimum atomic E-state index is 0.267. The van der Waals surface area contributed by atoms with Crippen molar-refractivity contribution in [1.29, 1.82) is 0 Å². The van der Waals surface area contributed by atoms with E-state index in [4.69, 9.17) is 4.74 Å². The quantitative estimate of drug-likeness (QED) is 0.782. The first-order valence-corrected chi connectivity index (χ1v) is 5.78. The monoisotopic (exact) mass is 214 g/mol. The maximum absolute atomic E-state index is 5.42. The van der Waals surface area contributed by atoms with Crippen molar-refractivity contribution in [3.63, 3.8) is 0 Å². The highest BCUT2D eigenvalue weighted by Crippen LogP contribution is 2.12. The molecule has 2 atom stereocenters. The molecule has 0 saturated carbocycles. The minimum Gasteiger partial charge on any atom is -0.380 e. The molecule has 1 aromatic rings. The van der Waals surface area contributed by atoms with Crippen LogP contribution in [0.15, 0.2) is 11.6 Å². The molecule has 1 N–H and O–H groups in total. The average molecular weight is 214 g/mol. The van der Waals surface area contributed by atoms with Crippen LogP contribution in [-0.2, 0) is 11.2 Å². The number of rotatable bonds is 6. The highest BCUT2D eigenvalue weighted by atomic mass is 32.1. The highest BCUT2D eigenvalue weighted by molar-refractivity contribution is 7.09. The first-order valence-electron chi connectivity index (χ1n) is 4.90. The summed E-state index contributed by atoms with van der Waals surface area (Å²) in [4.78, 5) is 4.28. The minimum absolute atomic E-state index is 0.267. The van der Waals surface area contributed by atoms with Crippen molar-refractivity contribution in [2.24, 2.45) is 0 Å². The number of ether oxygens (including phenoxy) is 1. The SMILES string of the molecule is CCC(OC)C(Cc1nccs1)NC. The lowest BCUT2D eigenvalue weighted by molar-refractivity contribution is 0.0678. The molecule has 0 saturated heterocycles. The number of likely N-dealkylation sites (N-methyl/N-ethyl adjacent to an activating group) is 1. The molecule has 1 heterocycles. The second-order valence-corrected chi connectivity index (χ2v) is 4.19. The van der Waals surface area contributed by atoms with Gasteiger partial charge in [-0.25, -0.2) is 4.98 Å². The molecule has 0 aromatic carbocycles. The predicted molar refractivity (Wildman–Crippen MR) is 59.8 cm³/mol. The van der Waals surface area contributed by atoms with Crippen LogP contribution in [0, 0.1) is 0 Å². The Balaban J connectivity index is 2.53. The second kappa shape index (κ2) is 6.11. The van der Waals surface area contributed by atoms with Gasteiger partial charge in [-0.1, -0.05) is 6.92 Å². The molecule has 14 heavy (non-hydrogen) atoms. The van der Waals surface area contributed by atoms with Gasteiger partial charge in [0.1, 0.15) is 0 Å². The van der Waals surface area contributed by atoms with Gasteiger partial charge in [0, 0.05) is 31.1 Å². The van der Waals surface area contributed by atoms with Gasteiger partial charge < -0.3 is 10.1 Å². The van der Waals surface area contributed by atoms with Crippen molar-refractivity contribution in [3.8, 4) is 0 Å². The van der Waals surface area contributed by atoms with Gasteiger partial charge in [-0.2, -0.15) is 0 Å². The van der Waals surface area contributed by atoms with Crippen LogP contribution in [0.2, 0.25) is 0 Å². The van der Waals surface area contributed by atoms with E-state index < -0.39 is 0 Å². The fourth-order valence-electron chi connectivity index (χ4n) is 1.58. The molecule has 3 nitrogen and oxygen atoms in total. The Labute approximate surface area is 89.5 Å². The van der Waals surface area contributed by atoms with E-state index in [1.807, 2.05) is 18.6 Å². The molecule has 80 valence electrons. The van der Waals surface area contributed by atoms with Crippen LogP contribution in [0.3, 0.4) is 0 Å². The van der Waals surface area contributed by atoms with Gasteiger partial charge in [0.05, 0.1) is 11.1 Å². The van der Waals surface area contributed by atoms with Gasteiger partial charge in [-0.3, -0.25) is 0 Å². The van der Waals surface area contributed by atoms with E-state index in [2.05, 4.69) is 17.2 Å². The Morgan fingerprint density at radius 1 is 1.64 bits per heavy atom. The van der Waals surface area contributed by atoms with Crippen LogP contribution >= 0.6 is 11.3 Å². The molecule has 4 heteroatoms. The summed E-state index contributed by atoms with van der Waals surface area (Å²) in [6.45, 7) is 2.14. The normalized spacial score (nSPS) is 15.4. The number of nitrogens with one attached hydrogen (secondary N) is 1. The van der Waals surface area contributed by atoms with Crippen molar-refractivity contribution < 1.29 is 4.74 Å². The number of aromatic nitrogens is 1. The van der Waals surface area contributed by atoms with Crippen LogP contribution in [-0.4, -0.2) is 31.3 Å². The fourth-order valence-corrected chi connectivity index (χ4v) is 2.25. The first kappa shape index (κ1) is 11.6. The largest absolute Gasteiger partial charge is 0.380 e. The van der Waals surface area contributed by atoms with E-state index in [-0.39, 0.29) is 6.10 Å². The van der Waals surface area contributed by atoms with Crippen molar-refractivity contribution in [2.45, 2.75) is 31.9 Å². The summed E-state index contributed by atoms with van der Waals surface area (Å²) >= 11 is 1.70. The lowest BCUT2D eigenvalue weighted by Gasteiger charge is -2.23. The van der Waals surface area contributed by atoms with E-state index in [1.165, 1.54) is 5.01 Å². The van der Waals surface area contributed by atoms with Crippen molar-refractivity contribution >= 4 is 11.3 Å². The zero-order valence-corrected chi connectivity index (χ0v) is 9.80. The summed E-state index contributed by atoms with van der Waals surface area (Å²) in [6.07, 6.45) is 4.08. The zero-order valence-electron chi connectivity index (χ0n) is 8.99. The lowest BCUT2D eigenvalue weighted by atomic mass is 10.1. The maximum atomic E-state index is 5.42. The lowest BCUT2D eigenvalue weighted by Crippen LogP contribution is -2.40. The van der Waals surface area contributed by atoms with Crippen LogP contribution in [0.25, 0.3) is 0 Å². The van der Waals surface area contributed by atoms with Crippen LogP contribution in [0.5, 0.6) is 0 Å². The topological polar surface area (TPSA) is 34.1 Å². The van der Waals surface area contributed by atoms with E-state index in [0.29, 0.717) is 6.04 Å². The maximum Gasteiger partial charge on any atom is 0.0941 e. The Morgan fingerprint density at radius 2 is 2.43 bits per heavy atom. The molecule has 0 radical (unpaired) electrons. The molecule has 0 aliphatic rings. The Hall–Kier alpha value is -0.450. The molecule has 1 rings (SSSR count). The predicted octanol–water partition coefficient (Wildman–Crippen LogP) is 1.70.